The lowest BCUT2D eigenvalue weighted by molar-refractivity contribution is -0.284. The predicted molar refractivity (Wildman–Crippen MR) is 182 cm³/mol. The lowest BCUT2D eigenvalue weighted by atomic mass is 9.88. The number of halogens is 3. The fourth-order valence-corrected chi connectivity index (χ4v) is 5.94. The number of alkyl halides is 2. The lowest BCUT2D eigenvalue weighted by Gasteiger charge is -2.46. The van der Waals surface area contributed by atoms with E-state index in [4.69, 9.17) is 9.47 Å². The predicted octanol–water partition coefficient (Wildman–Crippen LogP) is 2.20. The molecular weight excluding hydrogens is 719 g/mol. The highest BCUT2D eigenvalue weighted by molar-refractivity contribution is 5.95. The molecule has 0 spiro atoms. The van der Waals surface area contributed by atoms with Gasteiger partial charge in [0, 0.05) is 18.1 Å². The van der Waals surface area contributed by atoms with Gasteiger partial charge >= 0.3 is 11.8 Å². The normalized spacial score (nSPS) is 21.3. The summed E-state index contributed by atoms with van der Waals surface area (Å²) in [6.45, 7) is 3.33. The van der Waals surface area contributed by atoms with Crippen LogP contribution in [0, 0.1) is 5.82 Å². The van der Waals surface area contributed by atoms with Crippen LogP contribution >= 0.6 is 0 Å². The van der Waals surface area contributed by atoms with Gasteiger partial charge in [-0.25, -0.2) is 22.6 Å². The molecule has 288 valence electrons. The largest absolute Gasteiger partial charge is 0.476 e. The zero-order valence-corrected chi connectivity index (χ0v) is 29.1. The number of aliphatic hydroxyl groups is 4. The molecule has 5 rings (SSSR count). The molecule has 6 atom stereocenters. The molecule has 1 aromatic heterocycles. The van der Waals surface area contributed by atoms with Gasteiger partial charge in [0.2, 0.25) is 5.91 Å². The monoisotopic (exact) mass is 757 g/mol. The van der Waals surface area contributed by atoms with E-state index in [1.54, 1.807) is 44.2 Å². The number of rotatable bonds is 13. The Morgan fingerprint density at radius 2 is 1.78 bits per heavy atom. The van der Waals surface area contributed by atoms with Crippen LogP contribution in [0.15, 0.2) is 72.9 Å². The molecule has 1 aliphatic heterocycles. The Bertz CT molecular complexity index is 2000. The van der Waals surface area contributed by atoms with Gasteiger partial charge in [-0.3, -0.25) is 9.59 Å². The van der Waals surface area contributed by atoms with Crippen LogP contribution in [0.3, 0.4) is 0 Å². The maximum absolute atomic E-state index is 14.5. The van der Waals surface area contributed by atoms with Crippen LogP contribution in [0.2, 0.25) is 0 Å². The van der Waals surface area contributed by atoms with Gasteiger partial charge in [-0.2, -0.15) is 0 Å². The third-order valence-electron chi connectivity index (χ3n) is 8.85. The third-order valence-corrected chi connectivity index (χ3v) is 8.85. The van der Waals surface area contributed by atoms with Gasteiger partial charge in [0.25, 0.3) is 12.3 Å². The van der Waals surface area contributed by atoms with Crippen LogP contribution in [0.4, 0.5) is 13.2 Å². The number of aliphatic hydroxyl groups excluding tert-OH is 4. The van der Waals surface area contributed by atoms with Gasteiger partial charge in [-0.1, -0.05) is 35.5 Å². The fourth-order valence-electron chi connectivity index (χ4n) is 5.94. The smallest absolute Gasteiger partial charge is 0.377 e. The maximum Gasteiger partial charge on any atom is 0.377 e. The number of carbonyl (C=O) groups is 3. The first-order valence-corrected chi connectivity index (χ1v) is 16.5. The molecule has 54 heavy (non-hydrogen) atoms. The number of benzene rings is 3. The molecule has 2 heterocycles. The van der Waals surface area contributed by atoms with Crippen LogP contribution in [0.1, 0.15) is 55.2 Å². The Morgan fingerprint density at radius 3 is 2.39 bits per heavy atom. The zero-order valence-electron chi connectivity index (χ0n) is 29.1. The summed E-state index contributed by atoms with van der Waals surface area (Å²) < 4.78 is 55.5. The quantitative estimate of drug-likeness (QED) is 0.104. The number of carboxylic acids is 1. The number of nitrogens with one attached hydrogen (secondary N) is 2. The molecule has 0 radical (unpaired) electrons. The molecule has 0 unspecified atom stereocenters. The second kappa shape index (κ2) is 15.9. The van der Waals surface area contributed by atoms with Crippen molar-refractivity contribution in [2.24, 2.45) is 0 Å². The molecule has 15 nitrogen and oxygen atoms in total. The molecule has 1 aliphatic rings. The van der Waals surface area contributed by atoms with Crippen LogP contribution in [0.25, 0.3) is 16.8 Å². The molecule has 0 saturated carbocycles. The highest BCUT2D eigenvalue weighted by Gasteiger charge is 2.57. The van der Waals surface area contributed by atoms with Crippen molar-refractivity contribution in [1.82, 2.24) is 25.6 Å². The summed E-state index contributed by atoms with van der Waals surface area (Å²) >= 11 is 0. The number of ether oxygens (including phenoxy) is 2. The van der Waals surface area contributed by atoms with Crippen LogP contribution in [-0.4, -0.2) is 101 Å². The van der Waals surface area contributed by atoms with Crippen molar-refractivity contribution in [1.29, 1.82) is 0 Å². The number of aliphatic carboxylic acids is 1. The molecule has 18 heteroatoms. The number of amides is 2. The molecule has 2 amide bonds. The minimum Gasteiger partial charge on any atom is -0.476 e. The maximum atomic E-state index is 14.5. The van der Waals surface area contributed by atoms with E-state index < -0.39 is 96.2 Å². The van der Waals surface area contributed by atoms with Crippen molar-refractivity contribution in [3.8, 4) is 22.6 Å². The minimum atomic E-state index is -3.26. The lowest BCUT2D eigenvalue weighted by Crippen LogP contribution is -2.68. The summed E-state index contributed by atoms with van der Waals surface area (Å²) in [5.41, 5.74) is -0.481. The Morgan fingerprint density at radius 1 is 1.09 bits per heavy atom. The van der Waals surface area contributed by atoms with Gasteiger partial charge in [0.1, 0.15) is 35.6 Å². The SMILES string of the molecule is CC(=O)N[C@H]1[C@H]([C@H](O)[C@H](O)CO)O[C@@](Oc2ccc(-n3cc(C(C)(C)NC(=O)c4ccc(-c5ccccc5F)cc4)nn3)cc2C(F)F)(C(=O)O)C[C@@H]1O. The third kappa shape index (κ3) is 8.37. The summed E-state index contributed by atoms with van der Waals surface area (Å²) in [6, 6.07) is 14.2. The standard InChI is InChI=1S/C36H38F3N5O10/c1-18(46)40-29-25(47)15-36(34(51)52,54-31(29)30(49)26(48)17-45)53-27-13-12-21(14-23(27)32(38)39)44-16-28(42-43-44)35(2,3)41-33(50)20-10-8-19(9-11-20)22-6-4-5-7-24(22)37/h4-14,16,25-26,29-32,45,47-49H,15,17H2,1-3H3,(H,40,46)(H,41,50)(H,51,52)/t25-,26+,29+,30+,31+,36+/m0/s1. The first-order chi connectivity index (χ1) is 25.5. The van der Waals surface area contributed by atoms with Crippen molar-refractivity contribution in [2.45, 2.75) is 75.4 Å². The second-order valence-corrected chi connectivity index (χ2v) is 13.2. The van der Waals surface area contributed by atoms with Crippen LogP contribution in [-0.2, 0) is 19.9 Å². The van der Waals surface area contributed by atoms with Crippen LogP contribution < -0.4 is 15.4 Å². The molecule has 1 saturated heterocycles. The Labute approximate surface area is 306 Å². The minimum absolute atomic E-state index is 0.0290. The van der Waals surface area contributed by atoms with Crippen molar-refractivity contribution in [3.63, 3.8) is 0 Å². The molecule has 3 aromatic carbocycles. The molecule has 7 N–H and O–H groups in total. The molecule has 0 aliphatic carbocycles. The topological polar surface area (TPSA) is 226 Å². The Hall–Kier alpha value is -5.40. The molecule has 0 bridgehead atoms. The Balaban J connectivity index is 1.37. The van der Waals surface area contributed by atoms with E-state index in [-0.39, 0.29) is 16.9 Å². The number of carboxylic acid groups (broad SMARTS) is 1. The average Bonchev–Trinajstić information content (AvgIpc) is 3.64. The molecule has 1 fully saturated rings. The van der Waals surface area contributed by atoms with Gasteiger partial charge in [0.15, 0.2) is 0 Å². The van der Waals surface area contributed by atoms with E-state index >= 15 is 0 Å². The summed E-state index contributed by atoms with van der Waals surface area (Å²) in [7, 11) is 0. The summed E-state index contributed by atoms with van der Waals surface area (Å²) in [5, 5.41) is 64.3. The summed E-state index contributed by atoms with van der Waals surface area (Å²) in [5.74, 6) is -7.11. The highest BCUT2D eigenvalue weighted by Crippen LogP contribution is 2.39. The van der Waals surface area contributed by atoms with E-state index in [0.29, 0.717) is 11.1 Å². The average molecular weight is 758 g/mol. The van der Waals surface area contributed by atoms with E-state index in [1.807, 2.05) is 0 Å². The summed E-state index contributed by atoms with van der Waals surface area (Å²) in [4.78, 5) is 37.5. The van der Waals surface area contributed by atoms with E-state index in [0.717, 1.165) is 23.7 Å². The molecular formula is C36H38F3N5O10. The van der Waals surface area contributed by atoms with Gasteiger partial charge in [-0.15, -0.1) is 5.10 Å². The zero-order chi connectivity index (χ0) is 39.5. The second-order valence-electron chi connectivity index (χ2n) is 13.2. The Kier molecular flexibility index (Phi) is 11.7. The van der Waals surface area contributed by atoms with E-state index in [2.05, 4.69) is 20.9 Å². The highest BCUT2D eigenvalue weighted by atomic mass is 19.3. The number of carbonyl (C=O) groups excluding carboxylic acids is 2. The van der Waals surface area contributed by atoms with Gasteiger partial charge in [0.05, 0.1) is 48.2 Å². The van der Waals surface area contributed by atoms with Crippen molar-refractivity contribution in [2.75, 3.05) is 6.61 Å². The van der Waals surface area contributed by atoms with Gasteiger partial charge < -0.3 is 45.6 Å². The fraction of sp³-hybridized carbons (Fsp3) is 0.361. The number of nitrogens with zero attached hydrogens (tertiary/aromatic N) is 3. The first kappa shape index (κ1) is 39.8. The summed E-state index contributed by atoms with van der Waals surface area (Å²) in [6.07, 6.45) is -10.5. The van der Waals surface area contributed by atoms with Crippen molar-refractivity contribution < 1.29 is 62.6 Å². The van der Waals surface area contributed by atoms with Crippen molar-refractivity contribution >= 4 is 17.8 Å². The van der Waals surface area contributed by atoms with Crippen molar-refractivity contribution in [3.05, 3.63) is 95.6 Å². The number of aromatic nitrogens is 3. The number of hydrogen-bond donors (Lipinski definition) is 7. The molecule has 4 aromatic rings. The van der Waals surface area contributed by atoms with E-state index in [9.17, 15) is 53.1 Å². The van der Waals surface area contributed by atoms with E-state index in [1.165, 1.54) is 30.5 Å². The number of hydrogen-bond acceptors (Lipinski definition) is 11. The van der Waals surface area contributed by atoms with Gasteiger partial charge in [-0.05, 0) is 55.8 Å². The van der Waals surface area contributed by atoms with Crippen LogP contribution in [0.5, 0.6) is 5.75 Å². The first-order valence-electron chi connectivity index (χ1n) is 16.5.